The summed E-state index contributed by atoms with van der Waals surface area (Å²) in [5.74, 6) is 0.422. The lowest BCUT2D eigenvalue weighted by Crippen LogP contribution is -2.35. The van der Waals surface area contributed by atoms with Gasteiger partial charge in [-0.3, -0.25) is 0 Å². The lowest BCUT2D eigenvalue weighted by molar-refractivity contribution is -0.665. The molecule has 0 aliphatic rings. The van der Waals surface area contributed by atoms with E-state index in [0.717, 1.165) is 38.9 Å². The van der Waals surface area contributed by atoms with E-state index in [1.54, 1.807) is 0 Å². The third kappa shape index (κ3) is 2.73. The second-order valence-electron chi connectivity index (χ2n) is 7.21. The molecule has 124 valence electrons. The smallest absolute Gasteiger partial charge is 0.198 e. The summed E-state index contributed by atoms with van der Waals surface area (Å²) >= 11 is 0. The van der Waals surface area contributed by atoms with E-state index in [1.165, 1.54) is 11.1 Å². The summed E-state index contributed by atoms with van der Waals surface area (Å²) in [5, 5.41) is 2.02. The first-order chi connectivity index (χ1) is 12.1. The Morgan fingerprint density at radius 2 is 1.71 bits per heavy atom. The number of hydrogen-bond donors (Lipinski definition) is 0. The molecule has 1 nitrogen and oxygen atoms in total. The number of benzene rings is 2. The molecule has 0 amide bonds. The molecule has 24 heavy (non-hydrogen) atoms. The van der Waals surface area contributed by atoms with Gasteiger partial charge in [0.2, 0.25) is 5.69 Å². The number of hydrogen-bond acceptors (Lipinski definition) is 0. The van der Waals surface area contributed by atoms with Crippen LogP contribution in [0.1, 0.15) is 50.5 Å². The molecule has 1 heteroatoms. The topological polar surface area (TPSA) is 3.88 Å². The summed E-state index contributed by atoms with van der Waals surface area (Å²) in [6.45, 7) is 12.6. The number of pyridine rings is 1. The first-order valence-corrected chi connectivity index (χ1v) is 8.65. The van der Waals surface area contributed by atoms with Crippen LogP contribution < -0.4 is 4.57 Å². The lowest BCUT2D eigenvalue weighted by atomic mass is 9.92. The highest BCUT2D eigenvalue weighted by Crippen LogP contribution is 2.32. The van der Waals surface area contributed by atoms with Crippen molar-refractivity contribution >= 4 is 10.8 Å². The zero-order valence-electron chi connectivity index (χ0n) is 17.8. The monoisotopic (exact) mass is 320 g/mol. The van der Waals surface area contributed by atoms with Crippen LogP contribution in [0.15, 0.2) is 36.4 Å². The van der Waals surface area contributed by atoms with Gasteiger partial charge in [-0.2, -0.15) is 4.57 Å². The molecule has 2 aromatic carbocycles. The Morgan fingerprint density at radius 3 is 2.38 bits per heavy atom. The van der Waals surface area contributed by atoms with Crippen LogP contribution in [0.5, 0.6) is 0 Å². The van der Waals surface area contributed by atoms with E-state index >= 15 is 0 Å². The molecular weight excluding hydrogens is 290 g/mol. The number of aromatic nitrogens is 1. The normalized spacial score (nSPS) is 12.7. The molecule has 0 N–H and O–H groups in total. The summed E-state index contributed by atoms with van der Waals surface area (Å²) in [6, 6.07) is 9.69. The van der Waals surface area contributed by atoms with Crippen LogP contribution in [0.2, 0.25) is 0 Å². The Labute approximate surface area is 148 Å². The highest BCUT2D eigenvalue weighted by Gasteiger charge is 2.21. The fourth-order valence-corrected chi connectivity index (χ4v) is 3.35. The van der Waals surface area contributed by atoms with Gasteiger partial charge in [0.05, 0.1) is 13.7 Å². The first-order valence-electron chi connectivity index (χ1n) is 9.65. The molecule has 0 aliphatic carbocycles. The second-order valence-corrected chi connectivity index (χ2v) is 7.21. The van der Waals surface area contributed by atoms with E-state index in [0.29, 0.717) is 18.0 Å². The molecule has 0 atom stereocenters. The fraction of sp³-hybridized carbons (Fsp3) is 0.348. The third-order valence-corrected chi connectivity index (χ3v) is 5.08. The van der Waals surface area contributed by atoms with E-state index in [4.69, 9.17) is 2.74 Å². The Bertz CT molecular complexity index is 1010. The maximum Gasteiger partial charge on any atom is 0.220 e. The van der Waals surface area contributed by atoms with E-state index < -0.39 is 0 Å². The van der Waals surface area contributed by atoms with Gasteiger partial charge in [-0.05, 0) is 60.9 Å². The molecular formula is C23H28N+. The number of fused-ring (bicyclic) bond motifs is 1. The molecule has 0 aliphatic heterocycles. The molecule has 0 spiro atoms. The van der Waals surface area contributed by atoms with Gasteiger partial charge in [0.15, 0.2) is 5.69 Å². The van der Waals surface area contributed by atoms with Crippen LogP contribution in [0.25, 0.3) is 22.0 Å². The number of rotatable bonds is 2. The van der Waals surface area contributed by atoms with Gasteiger partial charge in [-0.15, -0.1) is 0 Å². The SMILES string of the molecule is [2H]c1c(C)cc(C)c(C)c1-c1c2ccc(C(C)C)cc2c([2H])c(C)[n+]1C. The lowest BCUT2D eigenvalue weighted by Gasteiger charge is -2.14. The van der Waals surface area contributed by atoms with Gasteiger partial charge in [0.25, 0.3) is 0 Å². The van der Waals surface area contributed by atoms with Crippen LogP contribution >= 0.6 is 0 Å². The van der Waals surface area contributed by atoms with Gasteiger partial charge in [0.1, 0.15) is 7.05 Å². The van der Waals surface area contributed by atoms with E-state index in [2.05, 4.69) is 56.5 Å². The summed E-state index contributed by atoms with van der Waals surface area (Å²) in [4.78, 5) is 0. The highest BCUT2D eigenvalue weighted by molar-refractivity contribution is 5.94. The highest BCUT2D eigenvalue weighted by atomic mass is 14.9. The average Bonchev–Trinajstić information content (AvgIpc) is 2.60. The van der Waals surface area contributed by atoms with Crippen LogP contribution in [0.4, 0.5) is 0 Å². The summed E-state index contributed by atoms with van der Waals surface area (Å²) < 4.78 is 19.4. The van der Waals surface area contributed by atoms with Crippen molar-refractivity contribution in [3.05, 3.63) is 64.3 Å². The predicted octanol–water partition coefficient (Wildman–Crippen LogP) is 5.69. The average molecular weight is 320 g/mol. The van der Waals surface area contributed by atoms with E-state index in [1.807, 2.05) is 20.9 Å². The molecule has 0 saturated heterocycles. The van der Waals surface area contributed by atoms with Gasteiger partial charge in [-0.1, -0.05) is 37.6 Å². The molecule has 3 aromatic rings. The van der Waals surface area contributed by atoms with E-state index in [9.17, 15) is 0 Å². The van der Waals surface area contributed by atoms with Crippen LogP contribution in [0.3, 0.4) is 0 Å². The zero-order chi connectivity index (χ0) is 19.3. The molecule has 1 aromatic heterocycles. The summed E-state index contributed by atoms with van der Waals surface area (Å²) in [6.07, 6.45) is 0. The second kappa shape index (κ2) is 6.05. The third-order valence-electron chi connectivity index (χ3n) is 5.08. The molecule has 1 heterocycles. The predicted molar refractivity (Wildman–Crippen MR) is 104 cm³/mol. The van der Waals surface area contributed by atoms with Crippen molar-refractivity contribution in [2.45, 2.75) is 47.5 Å². The van der Waals surface area contributed by atoms with Gasteiger partial charge >= 0.3 is 0 Å². The Kier molecular flexibility index (Phi) is 3.58. The van der Waals surface area contributed by atoms with Crippen molar-refractivity contribution in [1.29, 1.82) is 0 Å². The van der Waals surface area contributed by atoms with Crippen LogP contribution in [-0.4, -0.2) is 0 Å². The maximum absolute atomic E-state index is 8.72. The molecule has 0 saturated carbocycles. The maximum atomic E-state index is 8.72. The van der Waals surface area contributed by atoms with Gasteiger partial charge in [0, 0.05) is 13.0 Å². The molecule has 0 bridgehead atoms. The van der Waals surface area contributed by atoms with Crippen molar-refractivity contribution < 1.29 is 7.31 Å². The minimum absolute atomic E-state index is 0.422. The number of nitrogens with zero attached hydrogens (tertiary/aromatic N) is 1. The Hall–Kier alpha value is -2.15. The van der Waals surface area contributed by atoms with Crippen molar-refractivity contribution in [1.82, 2.24) is 0 Å². The van der Waals surface area contributed by atoms with Crippen LogP contribution in [-0.2, 0) is 7.05 Å². The van der Waals surface area contributed by atoms with Crippen LogP contribution in [0, 0.1) is 27.7 Å². The molecule has 0 fully saturated rings. The fourth-order valence-electron chi connectivity index (χ4n) is 3.35. The van der Waals surface area contributed by atoms with E-state index in [-0.39, 0.29) is 0 Å². The van der Waals surface area contributed by atoms with Gasteiger partial charge < -0.3 is 0 Å². The summed E-state index contributed by atoms with van der Waals surface area (Å²) in [5.41, 5.74) is 7.52. The first kappa shape index (κ1) is 14.2. The Balaban J connectivity index is 2.53. The summed E-state index contributed by atoms with van der Waals surface area (Å²) in [7, 11) is 2.01. The van der Waals surface area contributed by atoms with Gasteiger partial charge in [-0.25, -0.2) is 0 Å². The molecule has 0 radical (unpaired) electrons. The minimum Gasteiger partial charge on any atom is -0.198 e. The van der Waals surface area contributed by atoms with Crippen molar-refractivity contribution in [3.63, 3.8) is 0 Å². The Morgan fingerprint density at radius 1 is 1.00 bits per heavy atom. The molecule has 3 rings (SSSR count). The largest absolute Gasteiger partial charge is 0.220 e. The number of aryl methyl sites for hydroxylation is 2. The molecule has 0 unspecified atom stereocenters. The van der Waals surface area contributed by atoms with Crippen molar-refractivity contribution in [3.8, 4) is 11.3 Å². The minimum atomic E-state index is 0.422. The quantitative estimate of drug-likeness (QED) is 0.534. The zero-order valence-corrected chi connectivity index (χ0v) is 15.8. The standard InChI is InChI=1S/C23H28N/c1-14(2)19-8-9-21-20(13-19)12-17(5)24(7)23(21)22-11-15(3)10-16(4)18(22)6/h8-14H,1-7H3/q+1/i11D,12D. The van der Waals surface area contributed by atoms with Crippen molar-refractivity contribution in [2.24, 2.45) is 7.05 Å². The van der Waals surface area contributed by atoms with Crippen molar-refractivity contribution in [2.75, 3.05) is 0 Å².